The number of rotatable bonds is 5. The van der Waals surface area contributed by atoms with Gasteiger partial charge in [-0.15, -0.1) is 0 Å². The Morgan fingerprint density at radius 1 is 1.45 bits per heavy atom. The Morgan fingerprint density at radius 3 is 2.80 bits per heavy atom. The molecule has 2 rings (SSSR count). The summed E-state index contributed by atoms with van der Waals surface area (Å²) < 4.78 is 7.33. The van der Waals surface area contributed by atoms with E-state index in [1.165, 1.54) is 4.68 Å². The number of aromatic nitrogens is 2. The van der Waals surface area contributed by atoms with Crippen LogP contribution < -0.4 is 10.9 Å². The number of morpholine rings is 1. The fraction of sp³-hybridized carbons (Fsp3) is 0.692. The van der Waals surface area contributed by atoms with Crippen LogP contribution in [0.25, 0.3) is 0 Å². The SMILES string of the molecule is CC(C)n1ncc(NCCN2CCOCC2)c(Br)c1=O. The topological polar surface area (TPSA) is 59.4 Å². The maximum Gasteiger partial charge on any atom is 0.283 e. The monoisotopic (exact) mass is 344 g/mol. The van der Waals surface area contributed by atoms with Crippen LogP contribution in [0.3, 0.4) is 0 Å². The van der Waals surface area contributed by atoms with Crippen molar-refractivity contribution in [2.45, 2.75) is 19.9 Å². The molecule has 1 aromatic heterocycles. The van der Waals surface area contributed by atoms with Gasteiger partial charge in [-0.05, 0) is 29.8 Å². The molecule has 0 bridgehead atoms. The third-order valence-electron chi connectivity index (χ3n) is 3.28. The van der Waals surface area contributed by atoms with Gasteiger partial charge in [0.1, 0.15) is 4.47 Å². The van der Waals surface area contributed by atoms with Gasteiger partial charge in [-0.3, -0.25) is 9.69 Å². The molecule has 6 nitrogen and oxygen atoms in total. The first-order valence-corrected chi connectivity index (χ1v) is 7.70. The van der Waals surface area contributed by atoms with Crippen LogP contribution in [0.5, 0.6) is 0 Å². The van der Waals surface area contributed by atoms with Crippen LogP contribution in [0.2, 0.25) is 0 Å². The lowest BCUT2D eigenvalue weighted by molar-refractivity contribution is 0.0398. The number of anilines is 1. The third kappa shape index (κ3) is 3.80. The second-order valence-corrected chi connectivity index (χ2v) is 5.89. The molecular formula is C13H21BrN4O2. The second kappa shape index (κ2) is 7.19. The van der Waals surface area contributed by atoms with Crippen molar-refractivity contribution in [3.8, 4) is 0 Å². The molecule has 20 heavy (non-hydrogen) atoms. The summed E-state index contributed by atoms with van der Waals surface area (Å²) in [7, 11) is 0. The smallest absolute Gasteiger partial charge is 0.283 e. The summed E-state index contributed by atoms with van der Waals surface area (Å²) >= 11 is 3.36. The highest BCUT2D eigenvalue weighted by Gasteiger charge is 2.12. The number of nitrogens with zero attached hydrogens (tertiary/aromatic N) is 3. The zero-order valence-corrected chi connectivity index (χ0v) is 13.5. The molecule has 0 aromatic carbocycles. The van der Waals surface area contributed by atoms with E-state index in [4.69, 9.17) is 4.74 Å². The van der Waals surface area contributed by atoms with Gasteiger partial charge in [-0.1, -0.05) is 0 Å². The summed E-state index contributed by atoms with van der Waals surface area (Å²) in [5.41, 5.74) is 0.650. The molecule has 0 aliphatic carbocycles. The first-order chi connectivity index (χ1) is 9.59. The van der Waals surface area contributed by atoms with Crippen LogP contribution in [-0.4, -0.2) is 54.1 Å². The predicted octanol–water partition coefficient (Wildman–Crippen LogP) is 1.33. The van der Waals surface area contributed by atoms with Gasteiger partial charge in [-0.25, -0.2) is 4.68 Å². The largest absolute Gasteiger partial charge is 0.381 e. The summed E-state index contributed by atoms with van der Waals surface area (Å²) in [5, 5.41) is 7.44. The van der Waals surface area contributed by atoms with Crippen molar-refractivity contribution in [2.75, 3.05) is 44.7 Å². The molecule has 0 radical (unpaired) electrons. The second-order valence-electron chi connectivity index (χ2n) is 5.10. The van der Waals surface area contributed by atoms with Crippen LogP contribution in [0.15, 0.2) is 15.5 Å². The summed E-state index contributed by atoms with van der Waals surface area (Å²) in [5.74, 6) is 0. The quantitative estimate of drug-likeness (QED) is 0.873. The third-order valence-corrected chi connectivity index (χ3v) is 4.05. The van der Waals surface area contributed by atoms with Crippen molar-refractivity contribution in [3.63, 3.8) is 0 Å². The first kappa shape index (κ1) is 15.5. The van der Waals surface area contributed by atoms with E-state index in [0.717, 1.165) is 45.1 Å². The molecule has 1 saturated heterocycles. The van der Waals surface area contributed by atoms with Crippen molar-refractivity contribution in [2.24, 2.45) is 0 Å². The van der Waals surface area contributed by atoms with Gasteiger partial charge in [-0.2, -0.15) is 5.10 Å². The van der Waals surface area contributed by atoms with Crippen molar-refractivity contribution < 1.29 is 4.74 Å². The lowest BCUT2D eigenvalue weighted by atomic mass is 10.3. The Kier molecular flexibility index (Phi) is 5.56. The summed E-state index contributed by atoms with van der Waals surface area (Å²) in [6.07, 6.45) is 1.70. The molecule has 1 aromatic rings. The average molecular weight is 345 g/mol. The number of halogens is 1. The van der Waals surface area contributed by atoms with E-state index in [2.05, 4.69) is 31.2 Å². The summed E-state index contributed by atoms with van der Waals surface area (Å²) in [6.45, 7) is 9.13. The molecule has 2 heterocycles. The van der Waals surface area contributed by atoms with Crippen molar-refractivity contribution in [1.82, 2.24) is 14.7 Å². The molecule has 0 amide bonds. The van der Waals surface area contributed by atoms with E-state index in [1.807, 2.05) is 13.8 Å². The van der Waals surface area contributed by atoms with Gasteiger partial charge >= 0.3 is 0 Å². The number of hydrogen-bond donors (Lipinski definition) is 1. The van der Waals surface area contributed by atoms with Gasteiger partial charge in [0.2, 0.25) is 0 Å². The van der Waals surface area contributed by atoms with Gasteiger partial charge in [0.05, 0.1) is 31.1 Å². The predicted molar refractivity (Wildman–Crippen MR) is 82.3 cm³/mol. The van der Waals surface area contributed by atoms with E-state index in [9.17, 15) is 4.79 Å². The normalized spacial score (nSPS) is 16.6. The molecule has 0 unspecified atom stereocenters. The van der Waals surface area contributed by atoms with Gasteiger partial charge < -0.3 is 10.1 Å². The van der Waals surface area contributed by atoms with E-state index in [-0.39, 0.29) is 11.6 Å². The van der Waals surface area contributed by atoms with E-state index >= 15 is 0 Å². The number of hydrogen-bond acceptors (Lipinski definition) is 5. The molecule has 112 valence electrons. The zero-order chi connectivity index (χ0) is 14.5. The minimum Gasteiger partial charge on any atom is -0.381 e. The van der Waals surface area contributed by atoms with Gasteiger partial charge in [0.25, 0.3) is 5.56 Å². The lowest BCUT2D eigenvalue weighted by Gasteiger charge is -2.26. The molecule has 7 heteroatoms. The van der Waals surface area contributed by atoms with Crippen molar-refractivity contribution >= 4 is 21.6 Å². The minimum atomic E-state index is -0.101. The van der Waals surface area contributed by atoms with Crippen LogP contribution >= 0.6 is 15.9 Å². The Morgan fingerprint density at radius 2 is 2.15 bits per heavy atom. The van der Waals surface area contributed by atoms with Crippen LogP contribution in [0, 0.1) is 0 Å². The van der Waals surface area contributed by atoms with Crippen molar-refractivity contribution in [1.29, 1.82) is 0 Å². The van der Waals surface area contributed by atoms with E-state index < -0.39 is 0 Å². The fourth-order valence-electron chi connectivity index (χ4n) is 2.11. The molecule has 1 aliphatic heterocycles. The maximum absolute atomic E-state index is 12.1. The summed E-state index contributed by atoms with van der Waals surface area (Å²) in [4.78, 5) is 14.4. The Hall–Kier alpha value is -0.920. The first-order valence-electron chi connectivity index (χ1n) is 6.91. The van der Waals surface area contributed by atoms with E-state index in [0.29, 0.717) is 4.47 Å². The molecule has 1 fully saturated rings. The van der Waals surface area contributed by atoms with Crippen LogP contribution in [-0.2, 0) is 4.74 Å². The maximum atomic E-state index is 12.1. The fourth-order valence-corrected chi connectivity index (χ4v) is 2.53. The highest BCUT2D eigenvalue weighted by atomic mass is 79.9. The molecule has 1 N–H and O–H groups in total. The zero-order valence-electron chi connectivity index (χ0n) is 11.9. The van der Waals surface area contributed by atoms with Gasteiger partial charge in [0, 0.05) is 26.2 Å². The average Bonchev–Trinajstić information content (AvgIpc) is 2.44. The minimum absolute atomic E-state index is 0.0567. The van der Waals surface area contributed by atoms with Crippen LogP contribution in [0.4, 0.5) is 5.69 Å². The Labute approximate surface area is 127 Å². The standard InChI is InChI=1S/C13H21BrN4O2/c1-10(2)18-13(19)12(14)11(9-16-18)15-3-4-17-5-7-20-8-6-17/h9-10,15H,3-8H2,1-2H3. The summed E-state index contributed by atoms with van der Waals surface area (Å²) in [6, 6.07) is 0.0567. The number of nitrogens with one attached hydrogen (secondary N) is 1. The highest BCUT2D eigenvalue weighted by molar-refractivity contribution is 9.10. The Bertz CT molecular complexity index is 498. The molecule has 1 aliphatic rings. The van der Waals surface area contributed by atoms with Crippen LogP contribution in [0.1, 0.15) is 19.9 Å². The molecule has 0 atom stereocenters. The molecule has 0 spiro atoms. The lowest BCUT2D eigenvalue weighted by Crippen LogP contribution is -2.39. The van der Waals surface area contributed by atoms with Crippen molar-refractivity contribution in [3.05, 3.63) is 21.0 Å². The Balaban J connectivity index is 1.93. The number of ether oxygens (including phenoxy) is 1. The molecular weight excluding hydrogens is 324 g/mol. The van der Waals surface area contributed by atoms with E-state index in [1.54, 1.807) is 6.20 Å². The van der Waals surface area contributed by atoms with Gasteiger partial charge in [0.15, 0.2) is 0 Å². The highest BCUT2D eigenvalue weighted by Crippen LogP contribution is 2.16. The molecule has 0 saturated carbocycles.